The Balaban J connectivity index is 1.86. The summed E-state index contributed by atoms with van der Waals surface area (Å²) in [5.41, 5.74) is 7.15. The highest BCUT2D eigenvalue weighted by atomic mass is 32.1. The van der Waals surface area contributed by atoms with Gasteiger partial charge in [0.25, 0.3) is 0 Å². The molecule has 2 heterocycles. The lowest BCUT2D eigenvalue weighted by molar-refractivity contribution is 0.267. The topological polar surface area (TPSA) is 32.5 Å². The first-order valence-electron chi connectivity index (χ1n) is 6.74. The van der Waals surface area contributed by atoms with Crippen molar-refractivity contribution in [1.29, 1.82) is 0 Å². The van der Waals surface area contributed by atoms with E-state index in [0.717, 1.165) is 12.5 Å². The van der Waals surface area contributed by atoms with Crippen molar-refractivity contribution in [2.24, 2.45) is 11.7 Å². The van der Waals surface area contributed by atoms with Gasteiger partial charge < -0.3 is 15.5 Å². The maximum Gasteiger partial charge on any atom is 0.0274 e. The van der Waals surface area contributed by atoms with Crippen molar-refractivity contribution in [1.82, 2.24) is 9.80 Å². The second-order valence-corrected chi connectivity index (χ2v) is 6.95. The molecule has 2 N–H and O–H groups in total. The van der Waals surface area contributed by atoms with E-state index in [1.807, 2.05) is 11.3 Å². The molecule has 1 fully saturated rings. The third kappa shape index (κ3) is 3.54. The number of nitrogens with two attached hydrogens (primary N) is 1. The molecule has 0 spiro atoms. The molecule has 102 valence electrons. The second kappa shape index (κ2) is 6.15. The lowest BCUT2D eigenvalue weighted by atomic mass is 10.1. The minimum absolute atomic E-state index is 0.669. The molecular weight excluding hydrogens is 242 g/mol. The first-order valence-corrected chi connectivity index (χ1v) is 7.55. The van der Waals surface area contributed by atoms with Crippen molar-refractivity contribution in [3.63, 3.8) is 0 Å². The van der Waals surface area contributed by atoms with Crippen molar-refractivity contribution < 1.29 is 0 Å². The maximum atomic E-state index is 5.70. The summed E-state index contributed by atoms with van der Waals surface area (Å²) in [6, 6.07) is 2.28. The number of rotatable bonds is 5. The van der Waals surface area contributed by atoms with Crippen LogP contribution in [0.1, 0.15) is 21.7 Å². The third-order valence-corrected chi connectivity index (χ3v) is 4.89. The highest BCUT2D eigenvalue weighted by Gasteiger charge is 2.21. The monoisotopic (exact) mass is 267 g/mol. The Labute approximate surface area is 115 Å². The van der Waals surface area contributed by atoms with Gasteiger partial charge in [0, 0.05) is 35.9 Å². The Hall–Kier alpha value is -0.420. The molecule has 3 nitrogen and oxygen atoms in total. The van der Waals surface area contributed by atoms with E-state index in [1.54, 1.807) is 0 Å². The van der Waals surface area contributed by atoms with Gasteiger partial charge in [0.1, 0.15) is 0 Å². The van der Waals surface area contributed by atoms with Crippen molar-refractivity contribution in [2.75, 3.05) is 33.7 Å². The van der Waals surface area contributed by atoms with Crippen LogP contribution < -0.4 is 5.73 Å². The lowest BCUT2D eigenvalue weighted by Crippen LogP contribution is -2.27. The fourth-order valence-electron chi connectivity index (χ4n) is 2.82. The van der Waals surface area contributed by atoms with Gasteiger partial charge >= 0.3 is 0 Å². The van der Waals surface area contributed by atoms with Crippen molar-refractivity contribution in [2.45, 2.75) is 26.4 Å². The summed E-state index contributed by atoms with van der Waals surface area (Å²) in [5.74, 6) is 0.841. The number of hydrogen-bond acceptors (Lipinski definition) is 4. The van der Waals surface area contributed by atoms with Crippen LogP contribution in [0.5, 0.6) is 0 Å². The first-order chi connectivity index (χ1) is 8.58. The molecule has 1 unspecified atom stereocenters. The molecule has 0 saturated carbocycles. The first kappa shape index (κ1) is 14.0. The highest BCUT2D eigenvalue weighted by Crippen LogP contribution is 2.23. The van der Waals surface area contributed by atoms with Crippen LogP contribution in [-0.2, 0) is 13.1 Å². The predicted octanol–water partition coefficient (Wildman–Crippen LogP) is 1.90. The SMILES string of the molecule is Cc1sc(CN)cc1CN(C)CC1CCN(C)C1. The van der Waals surface area contributed by atoms with E-state index < -0.39 is 0 Å². The predicted molar refractivity (Wildman–Crippen MR) is 78.9 cm³/mol. The van der Waals surface area contributed by atoms with E-state index in [-0.39, 0.29) is 0 Å². The van der Waals surface area contributed by atoms with Crippen LogP contribution in [0, 0.1) is 12.8 Å². The summed E-state index contributed by atoms with van der Waals surface area (Å²) in [7, 11) is 4.45. The number of thiophene rings is 1. The fourth-order valence-corrected chi connectivity index (χ4v) is 3.75. The van der Waals surface area contributed by atoms with Crippen molar-refractivity contribution in [3.05, 3.63) is 21.4 Å². The van der Waals surface area contributed by atoms with Gasteiger partial charge in [-0.3, -0.25) is 0 Å². The Bertz CT molecular complexity index is 388. The van der Waals surface area contributed by atoms with E-state index in [9.17, 15) is 0 Å². The van der Waals surface area contributed by atoms with Gasteiger partial charge in [-0.15, -0.1) is 11.3 Å². The smallest absolute Gasteiger partial charge is 0.0274 e. The van der Waals surface area contributed by atoms with Crippen LogP contribution in [0.25, 0.3) is 0 Å². The van der Waals surface area contributed by atoms with Crippen LogP contribution in [0.4, 0.5) is 0 Å². The average Bonchev–Trinajstić information content (AvgIpc) is 2.86. The molecule has 1 aliphatic heterocycles. The second-order valence-electron chi connectivity index (χ2n) is 5.61. The molecular formula is C14H25N3S. The molecule has 0 amide bonds. The van der Waals surface area contributed by atoms with Gasteiger partial charge in [-0.05, 0) is 51.5 Å². The molecule has 1 aromatic heterocycles. The number of hydrogen-bond donors (Lipinski definition) is 1. The van der Waals surface area contributed by atoms with Crippen molar-refractivity contribution in [3.8, 4) is 0 Å². The van der Waals surface area contributed by atoms with Crippen molar-refractivity contribution >= 4 is 11.3 Å². The van der Waals surface area contributed by atoms with Gasteiger partial charge in [-0.2, -0.15) is 0 Å². The van der Waals surface area contributed by atoms with E-state index in [4.69, 9.17) is 5.73 Å². The number of aryl methyl sites for hydroxylation is 1. The van der Waals surface area contributed by atoms with Crippen LogP contribution in [0.3, 0.4) is 0 Å². The van der Waals surface area contributed by atoms with Gasteiger partial charge in [0.2, 0.25) is 0 Å². The molecule has 1 saturated heterocycles. The summed E-state index contributed by atoms with van der Waals surface area (Å²) >= 11 is 1.84. The normalized spacial score (nSPS) is 21.1. The third-order valence-electron chi connectivity index (χ3n) is 3.77. The molecule has 0 radical (unpaired) electrons. The molecule has 4 heteroatoms. The summed E-state index contributed by atoms with van der Waals surface area (Å²) in [4.78, 5) is 7.61. The molecule has 2 rings (SSSR count). The maximum absolute atomic E-state index is 5.70. The van der Waals surface area contributed by atoms with E-state index in [1.165, 1.54) is 41.4 Å². The zero-order valence-corrected chi connectivity index (χ0v) is 12.6. The van der Waals surface area contributed by atoms with Crippen LogP contribution in [-0.4, -0.2) is 43.5 Å². The number of nitrogens with zero attached hydrogens (tertiary/aromatic N) is 2. The quantitative estimate of drug-likeness (QED) is 0.884. The Morgan fingerprint density at radius 3 is 2.89 bits per heavy atom. The Morgan fingerprint density at radius 2 is 2.33 bits per heavy atom. The van der Waals surface area contributed by atoms with E-state index in [2.05, 4.69) is 36.9 Å². The largest absolute Gasteiger partial charge is 0.326 e. The minimum Gasteiger partial charge on any atom is -0.326 e. The number of likely N-dealkylation sites (tertiary alicyclic amines) is 1. The molecule has 0 aliphatic carbocycles. The van der Waals surface area contributed by atoms with E-state index >= 15 is 0 Å². The zero-order valence-electron chi connectivity index (χ0n) is 11.8. The molecule has 1 aliphatic rings. The summed E-state index contributed by atoms with van der Waals surface area (Å²) < 4.78 is 0. The summed E-state index contributed by atoms with van der Waals surface area (Å²) in [5, 5.41) is 0. The highest BCUT2D eigenvalue weighted by molar-refractivity contribution is 7.12. The zero-order chi connectivity index (χ0) is 13.1. The molecule has 1 atom stereocenters. The standard InChI is InChI=1S/C14H25N3S/c1-11-13(6-14(7-15)18-11)10-17(3)9-12-4-5-16(2)8-12/h6,12H,4-5,7-10,15H2,1-3H3. The fraction of sp³-hybridized carbons (Fsp3) is 0.714. The van der Waals surface area contributed by atoms with Gasteiger partial charge in [-0.1, -0.05) is 0 Å². The van der Waals surface area contributed by atoms with Gasteiger partial charge in [0.15, 0.2) is 0 Å². The molecule has 0 aromatic carbocycles. The molecule has 0 bridgehead atoms. The lowest BCUT2D eigenvalue weighted by Gasteiger charge is -2.20. The van der Waals surface area contributed by atoms with Crippen LogP contribution in [0.15, 0.2) is 6.07 Å². The Kier molecular flexibility index (Phi) is 4.78. The van der Waals surface area contributed by atoms with Gasteiger partial charge in [0.05, 0.1) is 0 Å². The van der Waals surface area contributed by atoms with E-state index in [0.29, 0.717) is 6.54 Å². The van der Waals surface area contributed by atoms with Crippen LogP contribution >= 0.6 is 11.3 Å². The van der Waals surface area contributed by atoms with Crippen LogP contribution in [0.2, 0.25) is 0 Å². The minimum atomic E-state index is 0.669. The molecule has 18 heavy (non-hydrogen) atoms. The molecule has 1 aromatic rings. The Morgan fingerprint density at radius 1 is 1.56 bits per heavy atom. The summed E-state index contributed by atoms with van der Waals surface area (Å²) in [6.45, 7) is 7.65. The van der Waals surface area contributed by atoms with Gasteiger partial charge in [-0.25, -0.2) is 0 Å². The summed E-state index contributed by atoms with van der Waals surface area (Å²) in [6.07, 6.45) is 1.34. The average molecular weight is 267 g/mol.